The maximum atomic E-state index is 11.6. The molecule has 1 heterocycles. The van der Waals surface area contributed by atoms with Gasteiger partial charge >= 0.3 is 0 Å². The molecule has 112 valence electrons. The minimum atomic E-state index is 0.0348. The lowest BCUT2D eigenvalue weighted by Crippen LogP contribution is -2.10. The average molecular weight is 294 g/mol. The number of carbonyl (C=O) groups excluding carboxylic acids is 1. The number of nitrogens with one attached hydrogen (secondary N) is 1. The van der Waals surface area contributed by atoms with Gasteiger partial charge in [0.05, 0.1) is 0 Å². The Balaban J connectivity index is 1.83. The Morgan fingerprint density at radius 2 is 1.95 bits per heavy atom. The van der Waals surface area contributed by atoms with Crippen LogP contribution in [0.5, 0.6) is 0 Å². The summed E-state index contributed by atoms with van der Waals surface area (Å²) in [6, 6.07) is 13.5. The number of hydrogen-bond donors (Lipinski definition) is 1. The third-order valence-electron chi connectivity index (χ3n) is 3.44. The van der Waals surface area contributed by atoms with Gasteiger partial charge in [-0.3, -0.25) is 4.79 Å². The number of carbonyl (C=O) groups is 1. The van der Waals surface area contributed by atoms with Crippen molar-refractivity contribution in [2.75, 3.05) is 5.32 Å². The summed E-state index contributed by atoms with van der Waals surface area (Å²) >= 11 is 0. The second kappa shape index (κ2) is 6.02. The van der Waals surface area contributed by atoms with Crippen LogP contribution in [-0.2, 0) is 4.79 Å². The van der Waals surface area contributed by atoms with Gasteiger partial charge in [0.15, 0.2) is 5.58 Å². The molecule has 3 aromatic rings. The molecule has 0 bridgehead atoms. The summed E-state index contributed by atoms with van der Waals surface area (Å²) in [5, 5.41) is 2.87. The SMILES string of the molecule is CCCC(=O)Nc1ccc(-c2nc3ccc(C)cc3o2)cc1. The second-order valence-electron chi connectivity index (χ2n) is 5.37. The predicted molar refractivity (Wildman–Crippen MR) is 87.7 cm³/mol. The maximum absolute atomic E-state index is 11.6. The predicted octanol–water partition coefficient (Wildman–Crippen LogP) is 4.54. The van der Waals surface area contributed by atoms with Gasteiger partial charge in [0.2, 0.25) is 11.8 Å². The number of fused-ring (bicyclic) bond motifs is 1. The Kier molecular flexibility index (Phi) is 3.92. The molecule has 2 aromatic carbocycles. The van der Waals surface area contributed by atoms with Crippen LogP contribution in [0, 0.1) is 6.92 Å². The Morgan fingerprint density at radius 1 is 1.18 bits per heavy atom. The van der Waals surface area contributed by atoms with Gasteiger partial charge in [-0.15, -0.1) is 0 Å². The van der Waals surface area contributed by atoms with E-state index in [1.807, 2.05) is 56.3 Å². The van der Waals surface area contributed by atoms with Crippen molar-refractivity contribution in [2.45, 2.75) is 26.7 Å². The minimum Gasteiger partial charge on any atom is -0.436 e. The lowest BCUT2D eigenvalue weighted by Gasteiger charge is -2.04. The van der Waals surface area contributed by atoms with Crippen LogP contribution in [0.25, 0.3) is 22.6 Å². The van der Waals surface area contributed by atoms with E-state index < -0.39 is 0 Å². The summed E-state index contributed by atoms with van der Waals surface area (Å²) in [4.78, 5) is 16.1. The highest BCUT2D eigenvalue weighted by Gasteiger charge is 2.08. The van der Waals surface area contributed by atoms with Crippen LogP contribution in [-0.4, -0.2) is 10.9 Å². The van der Waals surface area contributed by atoms with Crippen molar-refractivity contribution in [2.24, 2.45) is 0 Å². The number of aromatic nitrogens is 1. The number of amides is 1. The van der Waals surface area contributed by atoms with E-state index in [-0.39, 0.29) is 5.91 Å². The van der Waals surface area contributed by atoms with E-state index in [4.69, 9.17) is 4.42 Å². The van der Waals surface area contributed by atoms with Gasteiger partial charge in [0.1, 0.15) is 5.52 Å². The van der Waals surface area contributed by atoms with Crippen LogP contribution < -0.4 is 5.32 Å². The fourth-order valence-corrected chi connectivity index (χ4v) is 2.30. The standard InChI is InChI=1S/C18H18N2O2/c1-3-4-17(21)19-14-8-6-13(7-9-14)18-20-15-10-5-12(2)11-16(15)22-18/h5-11H,3-4H2,1-2H3,(H,19,21). The molecular formula is C18H18N2O2. The van der Waals surface area contributed by atoms with E-state index >= 15 is 0 Å². The number of anilines is 1. The van der Waals surface area contributed by atoms with Gasteiger partial charge in [0.25, 0.3) is 0 Å². The van der Waals surface area contributed by atoms with Crippen LogP contribution >= 0.6 is 0 Å². The van der Waals surface area contributed by atoms with E-state index in [9.17, 15) is 4.79 Å². The van der Waals surface area contributed by atoms with Gasteiger partial charge in [0, 0.05) is 17.7 Å². The van der Waals surface area contributed by atoms with Crippen molar-refractivity contribution in [1.29, 1.82) is 0 Å². The fraction of sp³-hybridized carbons (Fsp3) is 0.222. The number of rotatable bonds is 4. The summed E-state index contributed by atoms with van der Waals surface area (Å²) in [7, 11) is 0. The van der Waals surface area contributed by atoms with Crippen LogP contribution in [0.4, 0.5) is 5.69 Å². The quantitative estimate of drug-likeness (QED) is 0.768. The zero-order valence-corrected chi connectivity index (χ0v) is 12.7. The van der Waals surface area contributed by atoms with Crippen LogP contribution in [0.2, 0.25) is 0 Å². The van der Waals surface area contributed by atoms with E-state index in [0.29, 0.717) is 12.3 Å². The molecule has 4 nitrogen and oxygen atoms in total. The number of hydrogen-bond acceptors (Lipinski definition) is 3. The second-order valence-corrected chi connectivity index (χ2v) is 5.37. The maximum Gasteiger partial charge on any atom is 0.227 e. The molecule has 0 aliphatic rings. The number of oxazole rings is 1. The molecule has 0 fully saturated rings. The Morgan fingerprint density at radius 3 is 2.68 bits per heavy atom. The zero-order valence-electron chi connectivity index (χ0n) is 12.7. The first kappa shape index (κ1) is 14.3. The van der Waals surface area contributed by atoms with Crippen molar-refractivity contribution < 1.29 is 9.21 Å². The molecule has 22 heavy (non-hydrogen) atoms. The summed E-state index contributed by atoms with van der Waals surface area (Å²) in [5.74, 6) is 0.625. The highest BCUT2D eigenvalue weighted by molar-refractivity contribution is 5.90. The van der Waals surface area contributed by atoms with Gasteiger partial charge in [-0.2, -0.15) is 0 Å². The van der Waals surface area contributed by atoms with Crippen molar-refractivity contribution in [3.63, 3.8) is 0 Å². The number of aryl methyl sites for hydroxylation is 1. The normalized spacial score (nSPS) is 10.8. The third kappa shape index (κ3) is 3.01. The zero-order chi connectivity index (χ0) is 15.5. The highest BCUT2D eigenvalue weighted by atomic mass is 16.3. The Labute approximate surface area is 129 Å². The van der Waals surface area contributed by atoms with Crippen LogP contribution in [0.15, 0.2) is 46.9 Å². The van der Waals surface area contributed by atoms with Crippen molar-refractivity contribution in [3.8, 4) is 11.5 Å². The molecule has 3 rings (SSSR count). The smallest absolute Gasteiger partial charge is 0.227 e. The van der Waals surface area contributed by atoms with E-state index in [1.54, 1.807) is 0 Å². The molecule has 0 saturated carbocycles. The molecule has 1 aromatic heterocycles. The molecule has 4 heteroatoms. The van der Waals surface area contributed by atoms with Gasteiger partial charge in [-0.05, 0) is 55.3 Å². The molecule has 0 aliphatic heterocycles. The largest absolute Gasteiger partial charge is 0.436 e. The monoisotopic (exact) mass is 294 g/mol. The lowest BCUT2D eigenvalue weighted by molar-refractivity contribution is -0.116. The molecule has 0 saturated heterocycles. The fourth-order valence-electron chi connectivity index (χ4n) is 2.30. The molecule has 1 amide bonds. The topological polar surface area (TPSA) is 55.1 Å². The molecule has 1 N–H and O–H groups in total. The minimum absolute atomic E-state index is 0.0348. The highest BCUT2D eigenvalue weighted by Crippen LogP contribution is 2.26. The third-order valence-corrected chi connectivity index (χ3v) is 3.44. The number of nitrogens with zero attached hydrogens (tertiary/aromatic N) is 1. The molecular weight excluding hydrogens is 276 g/mol. The van der Waals surface area contributed by atoms with E-state index in [1.165, 1.54) is 0 Å². The van der Waals surface area contributed by atoms with E-state index in [2.05, 4.69) is 10.3 Å². The molecule has 0 atom stereocenters. The average Bonchev–Trinajstić information content (AvgIpc) is 2.91. The first-order chi connectivity index (χ1) is 10.7. The summed E-state index contributed by atoms with van der Waals surface area (Å²) in [6.45, 7) is 4.01. The van der Waals surface area contributed by atoms with Gasteiger partial charge < -0.3 is 9.73 Å². The Bertz CT molecular complexity index is 804. The van der Waals surface area contributed by atoms with E-state index in [0.717, 1.165) is 34.3 Å². The molecule has 0 radical (unpaired) electrons. The van der Waals surface area contributed by atoms with Gasteiger partial charge in [-0.1, -0.05) is 13.0 Å². The molecule has 0 unspecified atom stereocenters. The summed E-state index contributed by atoms with van der Waals surface area (Å²) in [5.41, 5.74) is 4.46. The first-order valence-electron chi connectivity index (χ1n) is 7.43. The summed E-state index contributed by atoms with van der Waals surface area (Å²) < 4.78 is 5.80. The van der Waals surface area contributed by atoms with Crippen molar-refractivity contribution >= 4 is 22.7 Å². The van der Waals surface area contributed by atoms with Crippen molar-refractivity contribution in [3.05, 3.63) is 48.0 Å². The first-order valence-corrected chi connectivity index (χ1v) is 7.43. The molecule has 0 spiro atoms. The lowest BCUT2D eigenvalue weighted by atomic mass is 10.2. The summed E-state index contributed by atoms with van der Waals surface area (Å²) in [6.07, 6.45) is 1.37. The van der Waals surface area contributed by atoms with Crippen LogP contribution in [0.3, 0.4) is 0 Å². The molecule has 0 aliphatic carbocycles. The Hall–Kier alpha value is -2.62. The number of benzene rings is 2. The van der Waals surface area contributed by atoms with Crippen LogP contribution in [0.1, 0.15) is 25.3 Å². The van der Waals surface area contributed by atoms with Gasteiger partial charge in [-0.25, -0.2) is 4.98 Å². The van der Waals surface area contributed by atoms with Crippen molar-refractivity contribution in [1.82, 2.24) is 4.98 Å².